The topological polar surface area (TPSA) is 66.4 Å². The van der Waals surface area contributed by atoms with Crippen molar-refractivity contribution >= 4 is 9.84 Å². The van der Waals surface area contributed by atoms with Crippen molar-refractivity contribution in [3.8, 4) is 0 Å². The molecule has 0 amide bonds. The van der Waals surface area contributed by atoms with Gasteiger partial charge in [-0.3, -0.25) is 0 Å². The molecule has 1 atom stereocenters. The van der Waals surface area contributed by atoms with Crippen molar-refractivity contribution < 1.29 is 13.5 Å². The summed E-state index contributed by atoms with van der Waals surface area (Å²) in [6.45, 7) is 2.08. The first kappa shape index (κ1) is 15.5. The summed E-state index contributed by atoms with van der Waals surface area (Å²) in [6.07, 6.45) is 4.78. The summed E-state index contributed by atoms with van der Waals surface area (Å²) in [5.41, 5.74) is 1.09. The maximum Gasteiger partial charge on any atom is 0.175 e. The Labute approximate surface area is 121 Å². The number of aliphatic hydroxyl groups excluding tert-OH is 1. The highest BCUT2D eigenvalue weighted by Crippen LogP contribution is 2.22. The van der Waals surface area contributed by atoms with E-state index in [0.29, 0.717) is 10.9 Å². The van der Waals surface area contributed by atoms with Crippen LogP contribution in [0.2, 0.25) is 0 Å². The summed E-state index contributed by atoms with van der Waals surface area (Å²) in [4.78, 5) is 0.356. The molecule has 1 aliphatic carbocycles. The fourth-order valence-corrected chi connectivity index (χ4v) is 3.33. The Hall–Kier alpha value is -0.910. The van der Waals surface area contributed by atoms with E-state index in [0.717, 1.165) is 31.2 Å². The highest BCUT2D eigenvalue weighted by Gasteiger charge is 2.21. The molecule has 0 heterocycles. The van der Waals surface area contributed by atoms with Crippen LogP contribution in [0.4, 0.5) is 0 Å². The molecule has 0 aliphatic heterocycles. The van der Waals surface area contributed by atoms with Gasteiger partial charge in [0, 0.05) is 18.3 Å². The quantitative estimate of drug-likeness (QED) is 0.892. The average Bonchev–Trinajstić information content (AvgIpc) is 2.40. The average molecular weight is 297 g/mol. The third kappa shape index (κ3) is 4.04. The van der Waals surface area contributed by atoms with E-state index in [1.165, 1.54) is 6.26 Å². The summed E-state index contributed by atoms with van der Waals surface area (Å²) in [7, 11) is -3.13. The second-order valence-corrected chi connectivity index (χ2v) is 7.75. The van der Waals surface area contributed by atoms with Gasteiger partial charge in [-0.1, -0.05) is 12.1 Å². The van der Waals surface area contributed by atoms with Crippen LogP contribution in [0.1, 0.15) is 44.2 Å². The molecule has 0 aromatic heterocycles. The van der Waals surface area contributed by atoms with Gasteiger partial charge in [0.25, 0.3) is 0 Å². The third-order valence-electron chi connectivity index (χ3n) is 3.99. The summed E-state index contributed by atoms with van der Waals surface area (Å²) < 4.78 is 22.8. The second kappa shape index (κ2) is 6.24. The summed E-state index contributed by atoms with van der Waals surface area (Å²) in [6, 6.07) is 7.67. The molecule has 0 spiro atoms. The first-order valence-electron chi connectivity index (χ1n) is 7.10. The van der Waals surface area contributed by atoms with Crippen LogP contribution >= 0.6 is 0 Å². The lowest BCUT2D eigenvalue weighted by atomic mass is 9.92. The zero-order valence-electron chi connectivity index (χ0n) is 12.0. The highest BCUT2D eigenvalue weighted by atomic mass is 32.2. The molecule has 20 heavy (non-hydrogen) atoms. The van der Waals surface area contributed by atoms with Crippen LogP contribution in [0.5, 0.6) is 0 Å². The van der Waals surface area contributed by atoms with Gasteiger partial charge < -0.3 is 10.4 Å². The van der Waals surface area contributed by atoms with Gasteiger partial charge in [-0.2, -0.15) is 0 Å². The van der Waals surface area contributed by atoms with Gasteiger partial charge in [0.15, 0.2) is 9.84 Å². The largest absolute Gasteiger partial charge is 0.393 e. The van der Waals surface area contributed by atoms with Crippen molar-refractivity contribution in [1.29, 1.82) is 0 Å². The van der Waals surface area contributed by atoms with Crippen LogP contribution in [-0.4, -0.2) is 31.9 Å². The van der Waals surface area contributed by atoms with Gasteiger partial charge in [-0.15, -0.1) is 0 Å². The Morgan fingerprint density at radius 1 is 1.15 bits per heavy atom. The molecular formula is C15H23NO3S. The maximum atomic E-state index is 11.4. The van der Waals surface area contributed by atoms with Gasteiger partial charge in [-0.05, 0) is 50.3 Å². The van der Waals surface area contributed by atoms with E-state index in [4.69, 9.17) is 0 Å². The molecule has 1 aliphatic rings. The van der Waals surface area contributed by atoms with Crippen LogP contribution in [0, 0.1) is 0 Å². The number of aliphatic hydroxyl groups is 1. The van der Waals surface area contributed by atoms with E-state index in [-0.39, 0.29) is 12.1 Å². The molecule has 2 rings (SSSR count). The zero-order chi connectivity index (χ0) is 14.8. The smallest absolute Gasteiger partial charge is 0.175 e. The normalized spacial score (nSPS) is 25.4. The van der Waals surface area contributed by atoms with Gasteiger partial charge in [0.05, 0.1) is 11.0 Å². The zero-order valence-corrected chi connectivity index (χ0v) is 12.9. The molecule has 1 fully saturated rings. The molecule has 1 unspecified atom stereocenters. The molecular weight excluding hydrogens is 274 g/mol. The Bertz CT molecular complexity index is 531. The number of sulfone groups is 1. The fraction of sp³-hybridized carbons (Fsp3) is 0.600. The highest BCUT2D eigenvalue weighted by molar-refractivity contribution is 7.90. The van der Waals surface area contributed by atoms with E-state index < -0.39 is 9.84 Å². The van der Waals surface area contributed by atoms with Gasteiger partial charge in [-0.25, -0.2) is 8.42 Å². The van der Waals surface area contributed by atoms with Gasteiger partial charge in [0.2, 0.25) is 0 Å². The number of hydrogen-bond acceptors (Lipinski definition) is 4. The van der Waals surface area contributed by atoms with Crippen LogP contribution in [0.3, 0.4) is 0 Å². The summed E-state index contributed by atoms with van der Waals surface area (Å²) >= 11 is 0. The van der Waals surface area contributed by atoms with Gasteiger partial charge in [0.1, 0.15) is 0 Å². The fourth-order valence-electron chi connectivity index (χ4n) is 2.70. The van der Waals surface area contributed by atoms with Crippen molar-refractivity contribution in [2.75, 3.05) is 6.26 Å². The lowest BCUT2D eigenvalue weighted by Gasteiger charge is -2.29. The molecule has 1 saturated carbocycles. The summed E-state index contributed by atoms with van der Waals surface area (Å²) in [5.74, 6) is 0. The lowest BCUT2D eigenvalue weighted by Crippen LogP contribution is -2.36. The summed E-state index contributed by atoms with van der Waals surface area (Å²) in [5, 5.41) is 13.1. The number of hydrogen-bond donors (Lipinski definition) is 2. The van der Waals surface area contributed by atoms with Crippen molar-refractivity contribution in [3.05, 3.63) is 29.8 Å². The molecule has 1 aromatic rings. The Morgan fingerprint density at radius 2 is 1.70 bits per heavy atom. The Balaban J connectivity index is 1.97. The minimum Gasteiger partial charge on any atom is -0.393 e. The van der Waals surface area contributed by atoms with Crippen LogP contribution < -0.4 is 5.32 Å². The minimum atomic E-state index is -3.13. The van der Waals surface area contributed by atoms with Gasteiger partial charge >= 0.3 is 0 Å². The predicted octanol–water partition coefficient (Wildman–Crippen LogP) is 2.04. The van der Waals surface area contributed by atoms with E-state index in [9.17, 15) is 13.5 Å². The minimum absolute atomic E-state index is 0.141. The van der Waals surface area contributed by atoms with Crippen LogP contribution in [0.15, 0.2) is 29.2 Å². The number of nitrogens with one attached hydrogen (secondary N) is 1. The maximum absolute atomic E-state index is 11.4. The molecule has 2 N–H and O–H groups in total. The van der Waals surface area contributed by atoms with Crippen molar-refractivity contribution in [1.82, 2.24) is 5.32 Å². The molecule has 1 aromatic carbocycles. The van der Waals surface area contributed by atoms with Crippen molar-refractivity contribution in [2.24, 2.45) is 0 Å². The first-order valence-corrected chi connectivity index (χ1v) is 8.99. The van der Waals surface area contributed by atoms with Crippen LogP contribution in [-0.2, 0) is 9.84 Å². The standard InChI is InChI=1S/C15H23NO3S/c1-11(16-13-5-7-14(17)8-6-13)12-3-9-15(10-4-12)20(2,18)19/h3-4,9-11,13-14,16-17H,5-8H2,1-2H3. The number of rotatable bonds is 4. The molecule has 0 saturated heterocycles. The molecule has 5 heteroatoms. The predicted molar refractivity (Wildman–Crippen MR) is 79.4 cm³/mol. The SMILES string of the molecule is CC(NC1CCC(O)CC1)c1ccc(S(C)(=O)=O)cc1. The van der Waals surface area contributed by atoms with E-state index >= 15 is 0 Å². The Kier molecular flexibility index (Phi) is 4.83. The van der Waals surface area contributed by atoms with E-state index in [1.807, 2.05) is 12.1 Å². The van der Waals surface area contributed by atoms with E-state index in [1.54, 1.807) is 12.1 Å². The van der Waals surface area contributed by atoms with Crippen LogP contribution in [0.25, 0.3) is 0 Å². The third-order valence-corrected chi connectivity index (χ3v) is 5.12. The van der Waals surface area contributed by atoms with E-state index in [2.05, 4.69) is 12.2 Å². The lowest BCUT2D eigenvalue weighted by molar-refractivity contribution is 0.114. The Morgan fingerprint density at radius 3 is 2.20 bits per heavy atom. The second-order valence-electron chi connectivity index (χ2n) is 5.74. The first-order chi connectivity index (χ1) is 9.36. The molecule has 0 bridgehead atoms. The van der Waals surface area contributed by atoms with Crippen molar-refractivity contribution in [2.45, 2.75) is 55.7 Å². The molecule has 0 radical (unpaired) electrons. The number of benzene rings is 1. The molecule has 112 valence electrons. The molecule has 4 nitrogen and oxygen atoms in total. The van der Waals surface area contributed by atoms with Crippen molar-refractivity contribution in [3.63, 3.8) is 0 Å². The monoisotopic (exact) mass is 297 g/mol.